The normalized spacial score (nSPS) is 11.0. The van der Waals surface area contributed by atoms with Gasteiger partial charge in [0.2, 0.25) is 0 Å². The number of nitrogens with one attached hydrogen (secondary N) is 1. The Labute approximate surface area is 167 Å². The second kappa shape index (κ2) is 9.93. The van der Waals surface area contributed by atoms with Gasteiger partial charge in [-0.2, -0.15) is 0 Å². The number of ether oxygens (including phenoxy) is 2. The lowest BCUT2D eigenvalue weighted by atomic mass is 9.87. The first-order valence-electron chi connectivity index (χ1n) is 9.56. The minimum Gasteiger partial charge on any atom is -0.494 e. The molecule has 5 heteroatoms. The maximum atomic E-state index is 12.0. The Bertz CT molecular complexity index is 791. The van der Waals surface area contributed by atoms with Crippen LogP contribution in [0.1, 0.15) is 45.2 Å². The van der Waals surface area contributed by atoms with E-state index in [1.54, 1.807) is 0 Å². The molecule has 0 unspecified atom stereocenters. The Kier molecular flexibility index (Phi) is 7.61. The average Bonchev–Trinajstić information content (AvgIpc) is 2.65. The van der Waals surface area contributed by atoms with Crippen LogP contribution in [0.3, 0.4) is 0 Å². The molecule has 0 radical (unpaired) electrons. The number of rotatable bonds is 8. The van der Waals surface area contributed by atoms with Gasteiger partial charge >= 0.3 is 5.97 Å². The molecule has 0 aliphatic rings. The van der Waals surface area contributed by atoms with Gasteiger partial charge in [-0.25, -0.2) is 0 Å². The van der Waals surface area contributed by atoms with E-state index >= 15 is 0 Å². The smallest absolute Gasteiger partial charge is 0.306 e. The Morgan fingerprint density at radius 1 is 1.00 bits per heavy atom. The molecule has 0 spiro atoms. The molecule has 0 saturated heterocycles. The molecule has 28 heavy (non-hydrogen) atoms. The maximum absolute atomic E-state index is 12.0. The zero-order chi connectivity index (χ0) is 20.6. The van der Waals surface area contributed by atoms with E-state index in [2.05, 4.69) is 26.1 Å². The standard InChI is InChI=1S/C23H29NO4/c1-5-27-20-9-7-6-8-17(20)10-15-22(26)28-16-21(25)24-19-13-11-18(12-14-19)23(2,3)4/h6-9,11-14H,5,10,15-16H2,1-4H3,(H,24,25). The van der Waals surface area contributed by atoms with Gasteiger partial charge in [-0.1, -0.05) is 51.1 Å². The van der Waals surface area contributed by atoms with Crippen molar-refractivity contribution >= 4 is 17.6 Å². The van der Waals surface area contributed by atoms with Crippen molar-refractivity contribution in [3.63, 3.8) is 0 Å². The van der Waals surface area contributed by atoms with Crippen LogP contribution in [-0.2, 0) is 26.2 Å². The van der Waals surface area contributed by atoms with Crippen LogP contribution in [0.2, 0.25) is 0 Å². The van der Waals surface area contributed by atoms with Crippen LogP contribution in [0, 0.1) is 0 Å². The van der Waals surface area contributed by atoms with Crippen LogP contribution in [0.5, 0.6) is 5.75 Å². The lowest BCUT2D eigenvalue weighted by molar-refractivity contribution is -0.147. The molecular formula is C23H29NO4. The molecule has 0 atom stereocenters. The number of benzene rings is 2. The molecule has 1 amide bonds. The second-order valence-corrected chi connectivity index (χ2v) is 7.58. The highest BCUT2D eigenvalue weighted by molar-refractivity contribution is 5.92. The van der Waals surface area contributed by atoms with Gasteiger partial charge in [0.15, 0.2) is 6.61 Å². The summed E-state index contributed by atoms with van der Waals surface area (Å²) in [6.07, 6.45) is 0.697. The number of carbonyl (C=O) groups is 2. The van der Waals surface area contributed by atoms with Crippen LogP contribution in [0.4, 0.5) is 5.69 Å². The Morgan fingerprint density at radius 3 is 2.32 bits per heavy atom. The van der Waals surface area contributed by atoms with Crippen LogP contribution in [-0.4, -0.2) is 25.1 Å². The van der Waals surface area contributed by atoms with Gasteiger partial charge in [0.1, 0.15) is 5.75 Å². The predicted octanol–water partition coefficient (Wildman–Crippen LogP) is 4.50. The number of anilines is 1. The Morgan fingerprint density at radius 2 is 1.68 bits per heavy atom. The average molecular weight is 383 g/mol. The molecular weight excluding hydrogens is 354 g/mol. The molecule has 0 saturated carbocycles. The van der Waals surface area contributed by atoms with E-state index in [1.165, 1.54) is 5.56 Å². The van der Waals surface area contributed by atoms with Crippen molar-refractivity contribution in [3.05, 3.63) is 59.7 Å². The summed E-state index contributed by atoms with van der Waals surface area (Å²) < 4.78 is 10.6. The fraction of sp³-hybridized carbons (Fsp3) is 0.391. The van der Waals surface area contributed by atoms with E-state index in [0.29, 0.717) is 18.7 Å². The van der Waals surface area contributed by atoms with Crippen LogP contribution in [0.15, 0.2) is 48.5 Å². The number of para-hydroxylation sites is 1. The third kappa shape index (κ3) is 6.72. The third-order valence-electron chi connectivity index (χ3n) is 4.27. The number of carbonyl (C=O) groups excluding carboxylic acids is 2. The predicted molar refractivity (Wildman–Crippen MR) is 111 cm³/mol. The van der Waals surface area contributed by atoms with Gasteiger partial charge in [-0.15, -0.1) is 0 Å². The highest BCUT2D eigenvalue weighted by atomic mass is 16.5. The van der Waals surface area contributed by atoms with E-state index < -0.39 is 5.97 Å². The third-order valence-corrected chi connectivity index (χ3v) is 4.27. The van der Waals surface area contributed by atoms with E-state index in [0.717, 1.165) is 11.3 Å². The number of hydrogen-bond donors (Lipinski definition) is 1. The monoisotopic (exact) mass is 383 g/mol. The fourth-order valence-electron chi connectivity index (χ4n) is 2.71. The minimum absolute atomic E-state index is 0.0544. The van der Waals surface area contributed by atoms with Crippen molar-refractivity contribution in [2.75, 3.05) is 18.5 Å². The summed E-state index contributed by atoms with van der Waals surface area (Å²) in [7, 11) is 0. The van der Waals surface area contributed by atoms with Gasteiger partial charge in [-0.05, 0) is 48.1 Å². The summed E-state index contributed by atoms with van der Waals surface area (Å²) in [6.45, 7) is 8.58. The molecule has 0 bridgehead atoms. The number of amides is 1. The van der Waals surface area contributed by atoms with E-state index in [1.807, 2.05) is 55.5 Å². The first-order valence-corrected chi connectivity index (χ1v) is 9.56. The highest BCUT2D eigenvalue weighted by Crippen LogP contribution is 2.23. The van der Waals surface area contributed by atoms with Gasteiger partial charge in [0.25, 0.3) is 5.91 Å². The highest BCUT2D eigenvalue weighted by Gasteiger charge is 2.14. The molecule has 0 heterocycles. The Balaban J connectivity index is 1.77. The van der Waals surface area contributed by atoms with E-state index in [9.17, 15) is 9.59 Å². The van der Waals surface area contributed by atoms with Crippen molar-refractivity contribution in [2.24, 2.45) is 0 Å². The van der Waals surface area contributed by atoms with Gasteiger partial charge < -0.3 is 14.8 Å². The van der Waals surface area contributed by atoms with Crippen LogP contribution < -0.4 is 10.1 Å². The van der Waals surface area contributed by atoms with E-state index in [4.69, 9.17) is 9.47 Å². The summed E-state index contributed by atoms with van der Waals surface area (Å²) >= 11 is 0. The molecule has 0 aromatic heterocycles. The lowest BCUT2D eigenvalue weighted by Gasteiger charge is -2.19. The molecule has 2 rings (SSSR count). The molecule has 1 N–H and O–H groups in total. The molecule has 2 aromatic rings. The number of esters is 1. The Hall–Kier alpha value is -2.82. The quantitative estimate of drug-likeness (QED) is 0.682. The maximum Gasteiger partial charge on any atom is 0.306 e. The van der Waals surface area contributed by atoms with Gasteiger partial charge in [-0.3, -0.25) is 9.59 Å². The van der Waals surface area contributed by atoms with Crippen molar-refractivity contribution in [2.45, 2.75) is 46.0 Å². The second-order valence-electron chi connectivity index (χ2n) is 7.58. The SMILES string of the molecule is CCOc1ccccc1CCC(=O)OCC(=O)Nc1ccc(C(C)(C)C)cc1. The number of aryl methyl sites for hydroxylation is 1. The van der Waals surface area contributed by atoms with Crippen molar-refractivity contribution in [1.29, 1.82) is 0 Å². The van der Waals surface area contributed by atoms with E-state index in [-0.39, 0.29) is 24.3 Å². The lowest BCUT2D eigenvalue weighted by Crippen LogP contribution is -2.21. The van der Waals surface area contributed by atoms with Crippen molar-refractivity contribution in [1.82, 2.24) is 0 Å². The van der Waals surface area contributed by atoms with Crippen LogP contribution in [0.25, 0.3) is 0 Å². The summed E-state index contributed by atoms with van der Waals surface area (Å²) in [5.41, 5.74) is 2.87. The zero-order valence-electron chi connectivity index (χ0n) is 17.1. The van der Waals surface area contributed by atoms with Crippen LogP contribution >= 0.6 is 0 Å². The fourth-order valence-corrected chi connectivity index (χ4v) is 2.71. The first-order chi connectivity index (χ1) is 13.3. The molecule has 0 aliphatic carbocycles. The van der Waals surface area contributed by atoms with Gasteiger partial charge in [0.05, 0.1) is 6.61 Å². The molecule has 2 aromatic carbocycles. The zero-order valence-corrected chi connectivity index (χ0v) is 17.1. The van der Waals surface area contributed by atoms with Gasteiger partial charge in [0, 0.05) is 12.1 Å². The molecule has 5 nitrogen and oxygen atoms in total. The summed E-state index contributed by atoms with van der Waals surface area (Å²) in [5, 5.41) is 2.74. The summed E-state index contributed by atoms with van der Waals surface area (Å²) in [4.78, 5) is 24.0. The summed E-state index contributed by atoms with van der Waals surface area (Å²) in [6, 6.07) is 15.3. The summed E-state index contributed by atoms with van der Waals surface area (Å²) in [5.74, 6) is 0.00496. The van der Waals surface area contributed by atoms with Crippen molar-refractivity contribution < 1.29 is 19.1 Å². The number of hydrogen-bond acceptors (Lipinski definition) is 4. The molecule has 0 aliphatic heterocycles. The van der Waals surface area contributed by atoms with Crippen molar-refractivity contribution in [3.8, 4) is 5.75 Å². The molecule has 150 valence electrons. The largest absolute Gasteiger partial charge is 0.494 e. The minimum atomic E-state index is -0.412. The molecule has 0 fully saturated rings. The first kappa shape index (κ1) is 21.5. The topological polar surface area (TPSA) is 64.6 Å².